The fourth-order valence-corrected chi connectivity index (χ4v) is 2.65. The lowest BCUT2D eigenvalue weighted by atomic mass is 9.92. The number of amides is 3. The minimum Gasteiger partial charge on any atom is -0.319 e. The molecule has 114 valence electrons. The number of hydrogen-bond acceptors (Lipinski definition) is 3. The van der Waals surface area contributed by atoms with Crippen LogP contribution in [0.3, 0.4) is 0 Å². The van der Waals surface area contributed by atoms with Crippen molar-refractivity contribution < 1.29 is 9.59 Å². The Morgan fingerprint density at radius 3 is 2.33 bits per heavy atom. The van der Waals surface area contributed by atoms with Gasteiger partial charge in [-0.05, 0) is 25.6 Å². The zero-order chi connectivity index (χ0) is 15.5. The van der Waals surface area contributed by atoms with Crippen molar-refractivity contribution in [2.75, 3.05) is 26.2 Å². The lowest BCUT2D eigenvalue weighted by molar-refractivity contribution is -0.131. The van der Waals surface area contributed by atoms with Crippen LogP contribution in [0, 0.1) is 0 Å². The van der Waals surface area contributed by atoms with Gasteiger partial charge in [0, 0.05) is 13.1 Å². The van der Waals surface area contributed by atoms with E-state index in [1.54, 1.807) is 6.92 Å². The highest BCUT2D eigenvalue weighted by Gasteiger charge is 2.48. The summed E-state index contributed by atoms with van der Waals surface area (Å²) < 4.78 is 0. The first-order chi connectivity index (χ1) is 10.0. The minimum atomic E-state index is -0.957. The molecule has 1 fully saturated rings. The van der Waals surface area contributed by atoms with E-state index >= 15 is 0 Å². The van der Waals surface area contributed by atoms with Crippen LogP contribution in [0.15, 0.2) is 30.3 Å². The van der Waals surface area contributed by atoms with Gasteiger partial charge in [-0.25, -0.2) is 4.79 Å². The summed E-state index contributed by atoms with van der Waals surface area (Å²) in [5, 5.41) is 2.83. The van der Waals surface area contributed by atoms with E-state index in [0.717, 1.165) is 18.7 Å². The van der Waals surface area contributed by atoms with Gasteiger partial charge < -0.3 is 10.2 Å². The van der Waals surface area contributed by atoms with Crippen molar-refractivity contribution in [2.45, 2.75) is 26.3 Å². The molecule has 1 aliphatic heterocycles. The highest BCUT2D eigenvalue weighted by molar-refractivity contribution is 6.07. The predicted octanol–water partition coefficient (Wildman–Crippen LogP) is 1.80. The number of carbonyl (C=O) groups is 2. The predicted molar refractivity (Wildman–Crippen MR) is 81.8 cm³/mol. The molecule has 2 rings (SSSR count). The Morgan fingerprint density at radius 2 is 1.76 bits per heavy atom. The van der Waals surface area contributed by atoms with Crippen LogP contribution in [0.4, 0.5) is 4.79 Å². The van der Waals surface area contributed by atoms with Gasteiger partial charge in [0.05, 0.1) is 0 Å². The topological polar surface area (TPSA) is 52.6 Å². The summed E-state index contributed by atoms with van der Waals surface area (Å²) in [6.07, 6.45) is 0. The maximum Gasteiger partial charge on any atom is 0.325 e. The zero-order valence-electron chi connectivity index (χ0n) is 12.9. The van der Waals surface area contributed by atoms with Crippen molar-refractivity contribution >= 4 is 11.9 Å². The normalized spacial score (nSPS) is 22.0. The fourth-order valence-electron chi connectivity index (χ4n) is 2.65. The Labute approximate surface area is 125 Å². The molecule has 0 aromatic heterocycles. The number of nitrogens with zero attached hydrogens (tertiary/aromatic N) is 2. The second-order valence-electron chi connectivity index (χ2n) is 5.40. The number of urea groups is 1. The van der Waals surface area contributed by atoms with E-state index in [-0.39, 0.29) is 11.9 Å². The molecule has 3 amide bonds. The van der Waals surface area contributed by atoms with Crippen molar-refractivity contribution in [3.05, 3.63) is 35.9 Å². The molecule has 0 unspecified atom stereocenters. The Kier molecular flexibility index (Phi) is 4.63. The number of imide groups is 1. The molecule has 1 aromatic carbocycles. The summed E-state index contributed by atoms with van der Waals surface area (Å²) >= 11 is 0. The van der Waals surface area contributed by atoms with Crippen molar-refractivity contribution in [1.29, 1.82) is 0 Å². The average molecular weight is 289 g/mol. The molecular formula is C16H23N3O2. The van der Waals surface area contributed by atoms with Crippen LogP contribution < -0.4 is 5.32 Å². The maximum absolute atomic E-state index is 12.7. The molecule has 5 heteroatoms. The van der Waals surface area contributed by atoms with Gasteiger partial charge in [0.1, 0.15) is 5.54 Å². The quantitative estimate of drug-likeness (QED) is 0.812. The molecular weight excluding hydrogens is 266 g/mol. The molecule has 1 aromatic rings. The zero-order valence-corrected chi connectivity index (χ0v) is 12.9. The number of nitrogens with one attached hydrogen (secondary N) is 1. The summed E-state index contributed by atoms with van der Waals surface area (Å²) in [5.74, 6) is -0.175. The third-order valence-electron chi connectivity index (χ3n) is 4.16. The summed E-state index contributed by atoms with van der Waals surface area (Å²) in [4.78, 5) is 28.3. The first-order valence-electron chi connectivity index (χ1n) is 7.45. The molecule has 0 radical (unpaired) electrons. The lowest BCUT2D eigenvalue weighted by Gasteiger charge is -2.23. The van der Waals surface area contributed by atoms with Crippen molar-refractivity contribution in [3.8, 4) is 0 Å². The van der Waals surface area contributed by atoms with Gasteiger partial charge in [0.25, 0.3) is 5.91 Å². The molecule has 1 aliphatic rings. The van der Waals surface area contributed by atoms with Crippen LogP contribution in [0.5, 0.6) is 0 Å². The molecule has 1 heterocycles. The smallest absolute Gasteiger partial charge is 0.319 e. The Bertz CT molecular complexity index is 514. The van der Waals surface area contributed by atoms with E-state index in [9.17, 15) is 9.59 Å². The molecule has 1 saturated heterocycles. The average Bonchev–Trinajstić information content (AvgIpc) is 2.73. The molecule has 1 atom stereocenters. The molecule has 0 bridgehead atoms. The number of hydrogen-bond donors (Lipinski definition) is 1. The SMILES string of the molecule is CCN(CC)CCN1C(=O)N[C@](C)(c2ccccc2)C1=O. The van der Waals surface area contributed by atoms with Gasteiger partial charge in [0.2, 0.25) is 0 Å². The van der Waals surface area contributed by atoms with Gasteiger partial charge in [-0.3, -0.25) is 9.69 Å². The second kappa shape index (κ2) is 6.26. The van der Waals surface area contributed by atoms with Gasteiger partial charge in [-0.1, -0.05) is 44.2 Å². The van der Waals surface area contributed by atoms with Crippen LogP contribution in [-0.4, -0.2) is 47.9 Å². The number of benzene rings is 1. The lowest BCUT2D eigenvalue weighted by Crippen LogP contribution is -2.42. The van der Waals surface area contributed by atoms with Crippen LogP contribution in [0.1, 0.15) is 26.3 Å². The number of carbonyl (C=O) groups excluding carboxylic acids is 2. The maximum atomic E-state index is 12.7. The van der Waals surface area contributed by atoms with E-state index in [4.69, 9.17) is 0 Å². The highest BCUT2D eigenvalue weighted by Crippen LogP contribution is 2.28. The Morgan fingerprint density at radius 1 is 1.14 bits per heavy atom. The molecule has 0 spiro atoms. The Hall–Kier alpha value is -1.88. The van der Waals surface area contributed by atoms with Crippen LogP contribution in [0.25, 0.3) is 0 Å². The largest absolute Gasteiger partial charge is 0.325 e. The second-order valence-corrected chi connectivity index (χ2v) is 5.40. The van der Waals surface area contributed by atoms with E-state index in [1.165, 1.54) is 4.90 Å². The highest BCUT2D eigenvalue weighted by atomic mass is 16.2. The van der Waals surface area contributed by atoms with Gasteiger partial charge in [-0.15, -0.1) is 0 Å². The molecule has 0 aliphatic carbocycles. The van der Waals surface area contributed by atoms with Crippen LogP contribution in [0.2, 0.25) is 0 Å². The van der Waals surface area contributed by atoms with Gasteiger partial charge >= 0.3 is 6.03 Å². The van der Waals surface area contributed by atoms with E-state index in [1.807, 2.05) is 30.3 Å². The summed E-state index contributed by atoms with van der Waals surface area (Å²) in [6.45, 7) is 8.87. The molecule has 1 N–H and O–H groups in total. The fraction of sp³-hybridized carbons (Fsp3) is 0.500. The summed E-state index contributed by atoms with van der Waals surface area (Å²) in [5.41, 5.74) is -0.143. The van der Waals surface area contributed by atoms with Crippen molar-refractivity contribution in [2.24, 2.45) is 0 Å². The minimum absolute atomic E-state index is 0.175. The van der Waals surface area contributed by atoms with Gasteiger partial charge in [-0.2, -0.15) is 0 Å². The molecule has 21 heavy (non-hydrogen) atoms. The van der Waals surface area contributed by atoms with E-state index in [0.29, 0.717) is 13.1 Å². The summed E-state index contributed by atoms with van der Waals surface area (Å²) in [7, 11) is 0. The summed E-state index contributed by atoms with van der Waals surface area (Å²) in [6, 6.07) is 9.07. The Balaban J connectivity index is 2.13. The van der Waals surface area contributed by atoms with Crippen molar-refractivity contribution in [3.63, 3.8) is 0 Å². The van der Waals surface area contributed by atoms with Crippen LogP contribution in [-0.2, 0) is 10.3 Å². The first-order valence-corrected chi connectivity index (χ1v) is 7.45. The first kappa shape index (κ1) is 15.5. The number of likely N-dealkylation sites (N-methyl/N-ethyl adjacent to an activating group) is 1. The monoisotopic (exact) mass is 289 g/mol. The number of rotatable bonds is 6. The van der Waals surface area contributed by atoms with E-state index in [2.05, 4.69) is 24.1 Å². The van der Waals surface area contributed by atoms with Crippen LogP contribution >= 0.6 is 0 Å². The third-order valence-corrected chi connectivity index (χ3v) is 4.16. The third kappa shape index (κ3) is 2.93. The molecule has 0 saturated carbocycles. The van der Waals surface area contributed by atoms with E-state index < -0.39 is 5.54 Å². The molecule has 5 nitrogen and oxygen atoms in total. The standard InChI is InChI=1S/C16H23N3O2/c1-4-18(5-2)11-12-19-14(20)16(3,17-15(19)21)13-9-7-6-8-10-13/h6-10H,4-5,11-12H2,1-3H3,(H,17,21)/t16-/m1/s1. The van der Waals surface area contributed by atoms with Crippen molar-refractivity contribution in [1.82, 2.24) is 15.1 Å². The van der Waals surface area contributed by atoms with Gasteiger partial charge in [0.15, 0.2) is 0 Å².